The van der Waals surface area contributed by atoms with Crippen LogP contribution in [0.3, 0.4) is 0 Å². The summed E-state index contributed by atoms with van der Waals surface area (Å²) >= 11 is 5.95. The molecule has 1 aromatic carbocycles. The predicted molar refractivity (Wildman–Crippen MR) is 75.3 cm³/mol. The summed E-state index contributed by atoms with van der Waals surface area (Å²) in [4.78, 5) is 13.6. The minimum absolute atomic E-state index is 0.0206. The highest BCUT2D eigenvalue weighted by Crippen LogP contribution is 2.21. The van der Waals surface area contributed by atoms with E-state index in [0.717, 1.165) is 12.8 Å². The lowest BCUT2D eigenvalue weighted by molar-refractivity contribution is -0.134. The van der Waals surface area contributed by atoms with Crippen molar-refractivity contribution in [2.45, 2.75) is 26.3 Å². The lowest BCUT2D eigenvalue weighted by atomic mass is 10.0. The average molecular weight is 287 g/mol. The molecule has 0 aliphatic carbocycles. The van der Waals surface area contributed by atoms with Gasteiger partial charge >= 0.3 is 0 Å². The van der Waals surface area contributed by atoms with E-state index in [0.29, 0.717) is 17.1 Å². The maximum Gasteiger partial charge on any atom is 0.225 e. The van der Waals surface area contributed by atoms with Gasteiger partial charge in [-0.25, -0.2) is 4.39 Å². The summed E-state index contributed by atoms with van der Waals surface area (Å²) in [6, 6.07) is 4.51. The number of hydrogen-bond donors (Lipinski definition) is 1. The monoisotopic (exact) mass is 286 g/mol. The molecule has 0 saturated carbocycles. The standard InChI is InChI=1S/C14H20ClFN2O/c1-10(5-4-8-17)14(19)18(2)9-11-12(15)6-3-7-13(11)16/h3,6-7,10H,4-5,8-9,17H2,1-2H3. The van der Waals surface area contributed by atoms with Gasteiger partial charge in [0.05, 0.1) is 0 Å². The lowest BCUT2D eigenvalue weighted by Crippen LogP contribution is -2.31. The number of rotatable bonds is 6. The van der Waals surface area contributed by atoms with Crippen molar-refractivity contribution in [3.05, 3.63) is 34.6 Å². The second kappa shape index (κ2) is 7.46. The average Bonchev–Trinajstić information content (AvgIpc) is 2.39. The number of hydrogen-bond acceptors (Lipinski definition) is 2. The van der Waals surface area contributed by atoms with Crippen LogP contribution in [0, 0.1) is 11.7 Å². The van der Waals surface area contributed by atoms with E-state index in [1.165, 1.54) is 11.0 Å². The summed E-state index contributed by atoms with van der Waals surface area (Å²) in [5.74, 6) is -0.520. The van der Waals surface area contributed by atoms with Crippen molar-refractivity contribution >= 4 is 17.5 Å². The highest BCUT2D eigenvalue weighted by Gasteiger charge is 2.19. The topological polar surface area (TPSA) is 46.3 Å². The van der Waals surface area contributed by atoms with Crippen LogP contribution in [0.25, 0.3) is 0 Å². The van der Waals surface area contributed by atoms with Crippen molar-refractivity contribution < 1.29 is 9.18 Å². The number of amides is 1. The van der Waals surface area contributed by atoms with Gasteiger partial charge in [0.1, 0.15) is 5.82 Å². The second-order valence-corrected chi connectivity index (χ2v) is 5.13. The second-order valence-electron chi connectivity index (χ2n) is 4.73. The van der Waals surface area contributed by atoms with E-state index in [-0.39, 0.29) is 24.2 Å². The summed E-state index contributed by atoms with van der Waals surface area (Å²) < 4.78 is 13.6. The molecule has 0 saturated heterocycles. The van der Waals surface area contributed by atoms with Gasteiger partial charge < -0.3 is 10.6 Å². The van der Waals surface area contributed by atoms with Crippen LogP contribution in [0.4, 0.5) is 4.39 Å². The van der Waals surface area contributed by atoms with Crippen molar-refractivity contribution in [2.75, 3.05) is 13.6 Å². The first-order valence-electron chi connectivity index (χ1n) is 6.35. The highest BCUT2D eigenvalue weighted by molar-refractivity contribution is 6.31. The van der Waals surface area contributed by atoms with E-state index >= 15 is 0 Å². The molecular formula is C14H20ClFN2O. The van der Waals surface area contributed by atoms with Gasteiger partial charge in [-0.05, 0) is 31.5 Å². The molecule has 1 amide bonds. The van der Waals surface area contributed by atoms with Gasteiger partial charge in [0, 0.05) is 30.1 Å². The third kappa shape index (κ3) is 4.48. The number of carbonyl (C=O) groups is 1. The van der Waals surface area contributed by atoms with E-state index in [9.17, 15) is 9.18 Å². The van der Waals surface area contributed by atoms with Crippen LogP contribution in [0.2, 0.25) is 5.02 Å². The van der Waals surface area contributed by atoms with Gasteiger partial charge in [0.15, 0.2) is 0 Å². The molecule has 2 N–H and O–H groups in total. The summed E-state index contributed by atoms with van der Waals surface area (Å²) in [6.07, 6.45) is 1.55. The number of nitrogens with two attached hydrogens (primary N) is 1. The molecule has 0 bridgehead atoms. The zero-order chi connectivity index (χ0) is 14.4. The SMILES string of the molecule is CC(CCCN)C(=O)N(C)Cc1c(F)cccc1Cl. The Labute approximate surface area is 118 Å². The van der Waals surface area contributed by atoms with E-state index in [2.05, 4.69) is 0 Å². The smallest absolute Gasteiger partial charge is 0.225 e. The van der Waals surface area contributed by atoms with Crippen LogP contribution in [0.1, 0.15) is 25.3 Å². The van der Waals surface area contributed by atoms with Crippen molar-refractivity contribution in [2.24, 2.45) is 11.7 Å². The van der Waals surface area contributed by atoms with Crippen molar-refractivity contribution in [1.82, 2.24) is 4.90 Å². The summed E-state index contributed by atoms with van der Waals surface area (Å²) in [7, 11) is 1.66. The van der Waals surface area contributed by atoms with Gasteiger partial charge in [0.25, 0.3) is 0 Å². The molecule has 0 radical (unpaired) electrons. The molecular weight excluding hydrogens is 267 g/mol. The Balaban J connectivity index is 2.68. The molecule has 1 unspecified atom stereocenters. The molecule has 0 heterocycles. The maximum absolute atomic E-state index is 13.6. The summed E-state index contributed by atoms with van der Waals surface area (Å²) in [5.41, 5.74) is 5.78. The quantitative estimate of drug-likeness (QED) is 0.874. The van der Waals surface area contributed by atoms with Crippen LogP contribution in [-0.4, -0.2) is 24.4 Å². The van der Waals surface area contributed by atoms with E-state index in [1.54, 1.807) is 19.2 Å². The van der Waals surface area contributed by atoms with Gasteiger partial charge in [-0.1, -0.05) is 24.6 Å². The first-order valence-corrected chi connectivity index (χ1v) is 6.73. The Morgan fingerprint density at radius 1 is 1.53 bits per heavy atom. The third-order valence-electron chi connectivity index (χ3n) is 3.10. The fourth-order valence-corrected chi connectivity index (χ4v) is 2.14. The van der Waals surface area contributed by atoms with Crippen molar-refractivity contribution in [1.29, 1.82) is 0 Å². The predicted octanol–water partition coefficient (Wildman–Crippen LogP) is 2.81. The van der Waals surface area contributed by atoms with Gasteiger partial charge in [-0.3, -0.25) is 4.79 Å². The van der Waals surface area contributed by atoms with Crippen LogP contribution in [-0.2, 0) is 11.3 Å². The van der Waals surface area contributed by atoms with Gasteiger partial charge in [0.2, 0.25) is 5.91 Å². The Hall–Kier alpha value is -1.13. The molecule has 0 aromatic heterocycles. The molecule has 0 spiro atoms. The number of benzene rings is 1. The van der Waals surface area contributed by atoms with E-state index in [1.807, 2.05) is 6.92 Å². The molecule has 0 aliphatic heterocycles. The number of nitrogens with zero attached hydrogens (tertiary/aromatic N) is 1. The van der Waals surface area contributed by atoms with E-state index < -0.39 is 0 Å². The molecule has 19 heavy (non-hydrogen) atoms. The first kappa shape index (κ1) is 15.9. The molecule has 1 aromatic rings. The minimum Gasteiger partial charge on any atom is -0.341 e. The third-order valence-corrected chi connectivity index (χ3v) is 3.45. The molecule has 3 nitrogen and oxygen atoms in total. The first-order chi connectivity index (χ1) is 8.97. The Morgan fingerprint density at radius 3 is 2.79 bits per heavy atom. The Bertz CT molecular complexity index is 419. The summed E-state index contributed by atoms with van der Waals surface area (Å²) in [5, 5.41) is 0.342. The molecule has 5 heteroatoms. The molecule has 0 fully saturated rings. The molecule has 0 aliphatic rings. The fourth-order valence-electron chi connectivity index (χ4n) is 1.92. The van der Waals surface area contributed by atoms with Gasteiger partial charge in [-0.2, -0.15) is 0 Å². The van der Waals surface area contributed by atoms with Gasteiger partial charge in [-0.15, -0.1) is 0 Å². The maximum atomic E-state index is 13.6. The molecule has 1 rings (SSSR count). The highest BCUT2D eigenvalue weighted by atomic mass is 35.5. The molecule has 1 atom stereocenters. The Morgan fingerprint density at radius 2 is 2.21 bits per heavy atom. The minimum atomic E-state index is -0.387. The fraction of sp³-hybridized carbons (Fsp3) is 0.500. The summed E-state index contributed by atoms with van der Waals surface area (Å²) in [6.45, 7) is 2.61. The van der Waals surface area contributed by atoms with Crippen LogP contribution in [0.5, 0.6) is 0 Å². The van der Waals surface area contributed by atoms with Crippen LogP contribution >= 0.6 is 11.6 Å². The largest absolute Gasteiger partial charge is 0.341 e. The molecule has 106 valence electrons. The van der Waals surface area contributed by atoms with Crippen molar-refractivity contribution in [3.63, 3.8) is 0 Å². The zero-order valence-electron chi connectivity index (χ0n) is 11.3. The number of halogens is 2. The zero-order valence-corrected chi connectivity index (χ0v) is 12.1. The van der Waals surface area contributed by atoms with Crippen LogP contribution < -0.4 is 5.73 Å². The number of carbonyl (C=O) groups excluding carboxylic acids is 1. The normalized spacial score (nSPS) is 12.3. The Kier molecular flexibility index (Phi) is 6.25. The van der Waals surface area contributed by atoms with E-state index in [4.69, 9.17) is 17.3 Å². The van der Waals surface area contributed by atoms with Crippen LogP contribution in [0.15, 0.2) is 18.2 Å². The van der Waals surface area contributed by atoms with Crippen molar-refractivity contribution in [3.8, 4) is 0 Å². The lowest BCUT2D eigenvalue weighted by Gasteiger charge is -2.22.